The van der Waals surface area contributed by atoms with Crippen LogP contribution in [0, 0.1) is 0 Å². The second-order valence-corrected chi connectivity index (χ2v) is 5.51. The maximum Gasteiger partial charge on any atom is 0.323 e. The molecule has 1 aliphatic rings. The third-order valence-electron chi connectivity index (χ3n) is 3.33. The van der Waals surface area contributed by atoms with E-state index in [2.05, 4.69) is 0 Å². The zero-order valence-corrected chi connectivity index (χ0v) is 11.9. The van der Waals surface area contributed by atoms with Gasteiger partial charge in [-0.1, -0.05) is 0 Å². The average Bonchev–Trinajstić information content (AvgIpc) is 2.87. The molecular formula is C13H16N2O4S. The molecule has 2 rings (SSSR count). The van der Waals surface area contributed by atoms with E-state index in [1.54, 1.807) is 6.92 Å². The normalized spacial score (nSPS) is 19.2. The van der Waals surface area contributed by atoms with Crippen LogP contribution in [0.1, 0.15) is 12.5 Å². The molecule has 108 valence electrons. The van der Waals surface area contributed by atoms with Crippen LogP contribution in [-0.2, 0) is 20.8 Å². The molecule has 0 radical (unpaired) electrons. The van der Waals surface area contributed by atoms with Gasteiger partial charge in [-0.2, -0.15) is 11.3 Å². The first-order chi connectivity index (χ1) is 9.49. The Balaban J connectivity index is 1.99. The van der Waals surface area contributed by atoms with Crippen molar-refractivity contribution >= 4 is 29.1 Å². The van der Waals surface area contributed by atoms with Crippen LogP contribution >= 0.6 is 11.3 Å². The Hall–Kier alpha value is -1.89. The summed E-state index contributed by atoms with van der Waals surface area (Å²) < 4.78 is 0. The zero-order chi connectivity index (χ0) is 14.7. The van der Waals surface area contributed by atoms with E-state index in [1.165, 1.54) is 21.1 Å². The number of carbonyl (C=O) groups is 3. The molecular weight excluding hydrogens is 280 g/mol. The lowest BCUT2D eigenvalue weighted by atomic mass is 10.1. The smallest absolute Gasteiger partial charge is 0.323 e. The Morgan fingerprint density at radius 1 is 1.45 bits per heavy atom. The van der Waals surface area contributed by atoms with Gasteiger partial charge in [0.05, 0.1) is 6.42 Å². The molecule has 1 fully saturated rings. The van der Waals surface area contributed by atoms with Gasteiger partial charge in [-0.25, -0.2) is 0 Å². The number of rotatable bonds is 4. The largest absolute Gasteiger partial charge is 0.480 e. The fourth-order valence-electron chi connectivity index (χ4n) is 2.26. The highest BCUT2D eigenvalue weighted by Crippen LogP contribution is 2.14. The summed E-state index contributed by atoms with van der Waals surface area (Å²) in [6.07, 6.45) is 0.278. The van der Waals surface area contributed by atoms with Crippen LogP contribution in [0.3, 0.4) is 0 Å². The summed E-state index contributed by atoms with van der Waals surface area (Å²) >= 11 is 1.53. The summed E-state index contributed by atoms with van der Waals surface area (Å²) in [5.74, 6) is -1.44. The average molecular weight is 296 g/mol. The third kappa shape index (κ3) is 3.16. The molecule has 1 saturated heterocycles. The van der Waals surface area contributed by atoms with Crippen molar-refractivity contribution in [1.29, 1.82) is 0 Å². The lowest BCUT2D eigenvalue weighted by molar-refractivity contribution is -0.154. The number of thiophene rings is 1. The van der Waals surface area contributed by atoms with Crippen LogP contribution in [0.2, 0.25) is 0 Å². The van der Waals surface area contributed by atoms with Gasteiger partial charge in [0.15, 0.2) is 0 Å². The standard InChI is InChI=1S/C13H16N2O4S/c1-9-13(19)14(7-12(17)18)3-4-15(9)11(16)6-10-2-5-20-8-10/h2,5,8-9H,3-4,6-7H2,1H3,(H,17,18)/t9-/m1/s1. The van der Waals surface area contributed by atoms with Gasteiger partial charge in [-0.3, -0.25) is 14.4 Å². The lowest BCUT2D eigenvalue weighted by Crippen LogP contribution is -2.58. The minimum absolute atomic E-state index is 0.0979. The van der Waals surface area contributed by atoms with Gasteiger partial charge in [0, 0.05) is 13.1 Å². The molecule has 1 aromatic heterocycles. The third-order valence-corrected chi connectivity index (χ3v) is 4.06. The first-order valence-electron chi connectivity index (χ1n) is 6.30. The van der Waals surface area contributed by atoms with E-state index in [-0.39, 0.29) is 31.3 Å². The lowest BCUT2D eigenvalue weighted by Gasteiger charge is -2.38. The Labute approximate surface area is 120 Å². The second kappa shape index (κ2) is 6.04. The predicted octanol–water partition coefficient (Wildman–Crippen LogP) is 0.435. The van der Waals surface area contributed by atoms with Gasteiger partial charge < -0.3 is 14.9 Å². The predicted molar refractivity (Wildman–Crippen MR) is 73.4 cm³/mol. The molecule has 7 heteroatoms. The van der Waals surface area contributed by atoms with Crippen LogP contribution in [0.4, 0.5) is 0 Å². The van der Waals surface area contributed by atoms with Crippen molar-refractivity contribution in [3.05, 3.63) is 22.4 Å². The van der Waals surface area contributed by atoms with Crippen LogP contribution in [-0.4, -0.2) is 58.4 Å². The van der Waals surface area contributed by atoms with Crippen molar-refractivity contribution in [2.24, 2.45) is 0 Å². The van der Waals surface area contributed by atoms with E-state index < -0.39 is 12.0 Å². The van der Waals surface area contributed by atoms with Crippen LogP contribution in [0.5, 0.6) is 0 Å². The van der Waals surface area contributed by atoms with E-state index in [9.17, 15) is 14.4 Å². The van der Waals surface area contributed by atoms with Crippen molar-refractivity contribution in [2.75, 3.05) is 19.6 Å². The Morgan fingerprint density at radius 2 is 2.20 bits per heavy atom. The molecule has 0 aromatic carbocycles. The molecule has 20 heavy (non-hydrogen) atoms. The first kappa shape index (κ1) is 14.5. The number of amides is 2. The highest BCUT2D eigenvalue weighted by molar-refractivity contribution is 7.08. The summed E-state index contributed by atoms with van der Waals surface area (Å²) in [6, 6.07) is 1.28. The van der Waals surface area contributed by atoms with E-state index in [4.69, 9.17) is 5.11 Å². The SMILES string of the molecule is C[C@@H]1C(=O)N(CC(=O)O)CCN1C(=O)Cc1ccsc1. The van der Waals surface area contributed by atoms with Crippen LogP contribution in [0.25, 0.3) is 0 Å². The number of nitrogens with zero attached hydrogens (tertiary/aromatic N) is 2. The molecule has 1 aliphatic heterocycles. The first-order valence-corrected chi connectivity index (χ1v) is 7.24. The number of carboxylic acid groups (broad SMARTS) is 1. The van der Waals surface area contributed by atoms with Crippen molar-refractivity contribution in [2.45, 2.75) is 19.4 Å². The van der Waals surface area contributed by atoms with Gasteiger partial charge in [-0.05, 0) is 29.3 Å². The van der Waals surface area contributed by atoms with Gasteiger partial charge in [0.25, 0.3) is 0 Å². The van der Waals surface area contributed by atoms with Gasteiger partial charge >= 0.3 is 5.97 Å². The molecule has 0 aliphatic carbocycles. The molecule has 6 nitrogen and oxygen atoms in total. The monoisotopic (exact) mass is 296 g/mol. The molecule has 2 heterocycles. The van der Waals surface area contributed by atoms with Crippen LogP contribution in [0.15, 0.2) is 16.8 Å². The molecule has 0 spiro atoms. The van der Waals surface area contributed by atoms with Gasteiger partial charge in [-0.15, -0.1) is 0 Å². The molecule has 0 unspecified atom stereocenters. The summed E-state index contributed by atoms with van der Waals surface area (Å²) in [6.45, 7) is 1.98. The Morgan fingerprint density at radius 3 is 2.80 bits per heavy atom. The topological polar surface area (TPSA) is 77.9 Å². The highest BCUT2D eigenvalue weighted by atomic mass is 32.1. The number of aliphatic carboxylic acids is 1. The second-order valence-electron chi connectivity index (χ2n) is 4.73. The van der Waals surface area contributed by atoms with Crippen molar-refractivity contribution in [1.82, 2.24) is 9.80 Å². The number of carbonyl (C=O) groups excluding carboxylic acids is 2. The number of piperazine rings is 1. The Kier molecular flexibility index (Phi) is 4.39. The fraction of sp³-hybridized carbons (Fsp3) is 0.462. The fourth-order valence-corrected chi connectivity index (χ4v) is 2.93. The van der Waals surface area contributed by atoms with Gasteiger partial charge in [0.2, 0.25) is 11.8 Å². The summed E-state index contributed by atoms with van der Waals surface area (Å²) in [7, 11) is 0. The molecule has 0 bridgehead atoms. The molecule has 0 saturated carbocycles. The van der Waals surface area contributed by atoms with Crippen LogP contribution < -0.4 is 0 Å². The number of hydrogen-bond donors (Lipinski definition) is 1. The summed E-state index contributed by atoms with van der Waals surface area (Å²) in [5, 5.41) is 12.6. The van der Waals surface area contributed by atoms with E-state index in [0.29, 0.717) is 6.54 Å². The van der Waals surface area contributed by atoms with Crippen molar-refractivity contribution in [3.8, 4) is 0 Å². The number of hydrogen-bond acceptors (Lipinski definition) is 4. The van der Waals surface area contributed by atoms with Crippen molar-refractivity contribution < 1.29 is 19.5 Å². The van der Waals surface area contributed by atoms with E-state index in [1.807, 2.05) is 16.8 Å². The maximum absolute atomic E-state index is 12.2. The summed E-state index contributed by atoms with van der Waals surface area (Å²) in [5.41, 5.74) is 0.938. The zero-order valence-electron chi connectivity index (χ0n) is 11.1. The molecule has 2 amide bonds. The van der Waals surface area contributed by atoms with E-state index in [0.717, 1.165) is 5.56 Å². The highest BCUT2D eigenvalue weighted by Gasteiger charge is 2.34. The molecule has 1 N–H and O–H groups in total. The van der Waals surface area contributed by atoms with Gasteiger partial charge in [0.1, 0.15) is 12.6 Å². The molecule has 1 aromatic rings. The summed E-state index contributed by atoms with van der Waals surface area (Å²) in [4.78, 5) is 37.7. The number of carboxylic acids is 1. The van der Waals surface area contributed by atoms with Crippen molar-refractivity contribution in [3.63, 3.8) is 0 Å². The molecule has 1 atom stereocenters. The van der Waals surface area contributed by atoms with E-state index >= 15 is 0 Å². The Bertz CT molecular complexity index is 514. The quantitative estimate of drug-likeness (QED) is 0.874. The maximum atomic E-state index is 12.2. The minimum Gasteiger partial charge on any atom is -0.480 e. The minimum atomic E-state index is -1.04.